The highest BCUT2D eigenvalue weighted by Crippen LogP contribution is 2.35. The van der Waals surface area contributed by atoms with Gasteiger partial charge in [0.15, 0.2) is 0 Å². The first-order valence-electron chi connectivity index (χ1n) is 10.7. The van der Waals surface area contributed by atoms with E-state index >= 15 is 0 Å². The van der Waals surface area contributed by atoms with Gasteiger partial charge in [0, 0.05) is 38.4 Å². The number of nitrogens with zero attached hydrogens (tertiary/aromatic N) is 4. The van der Waals surface area contributed by atoms with Gasteiger partial charge in [-0.15, -0.1) is 0 Å². The van der Waals surface area contributed by atoms with E-state index in [0.29, 0.717) is 49.0 Å². The third kappa shape index (κ3) is 5.10. The lowest BCUT2D eigenvalue weighted by Gasteiger charge is -2.33. The van der Waals surface area contributed by atoms with Crippen LogP contribution in [0.25, 0.3) is 0 Å². The van der Waals surface area contributed by atoms with Crippen molar-refractivity contribution in [3.63, 3.8) is 0 Å². The summed E-state index contributed by atoms with van der Waals surface area (Å²) in [6.07, 6.45) is 4.29. The minimum atomic E-state index is -3.77. The number of pyridine rings is 1. The Morgan fingerprint density at radius 3 is 2.58 bits per heavy atom. The summed E-state index contributed by atoms with van der Waals surface area (Å²) >= 11 is 5.82. The number of carbonyl (C=O) groups is 1. The number of nitro groups is 1. The van der Waals surface area contributed by atoms with Gasteiger partial charge in [-0.25, -0.2) is 13.4 Å². The third-order valence-electron chi connectivity index (χ3n) is 5.96. The van der Waals surface area contributed by atoms with Crippen LogP contribution in [0.5, 0.6) is 0 Å². The van der Waals surface area contributed by atoms with Gasteiger partial charge < -0.3 is 10.2 Å². The van der Waals surface area contributed by atoms with Gasteiger partial charge in [0.05, 0.1) is 20.8 Å². The van der Waals surface area contributed by atoms with Crippen molar-refractivity contribution in [3.8, 4) is 0 Å². The SMILES string of the molecule is O=C(Nc1ccc(Cl)cn1)[C@@H]1CCCN(c2ccc(S(=O)(=O)N3CCCC3)cc2[N+](=O)[O-])C1. The van der Waals surface area contributed by atoms with Crippen LogP contribution in [0.4, 0.5) is 17.2 Å². The minimum Gasteiger partial charge on any atom is -0.365 e. The van der Waals surface area contributed by atoms with Crippen LogP contribution in [0.3, 0.4) is 0 Å². The second kappa shape index (κ2) is 9.62. The first-order chi connectivity index (χ1) is 15.8. The second-order valence-corrected chi connectivity index (χ2v) is 10.5. The average Bonchev–Trinajstić information content (AvgIpc) is 3.36. The Morgan fingerprint density at radius 2 is 1.91 bits per heavy atom. The molecule has 10 nitrogen and oxygen atoms in total. The largest absolute Gasteiger partial charge is 0.365 e. The molecule has 2 aliphatic heterocycles. The quantitative estimate of drug-likeness (QED) is 0.483. The van der Waals surface area contributed by atoms with Crippen molar-refractivity contribution in [1.82, 2.24) is 9.29 Å². The lowest BCUT2D eigenvalue weighted by atomic mass is 9.96. The van der Waals surface area contributed by atoms with Crippen LogP contribution in [-0.4, -0.2) is 54.7 Å². The number of amides is 1. The van der Waals surface area contributed by atoms with Crippen LogP contribution >= 0.6 is 11.6 Å². The number of halogens is 1. The molecular weight excluding hydrogens is 470 g/mol. The molecule has 176 valence electrons. The summed E-state index contributed by atoms with van der Waals surface area (Å²) in [5.74, 6) is -0.252. The molecule has 0 aliphatic carbocycles. The molecule has 1 aromatic heterocycles. The van der Waals surface area contributed by atoms with E-state index in [1.165, 1.54) is 22.6 Å². The fourth-order valence-corrected chi connectivity index (χ4v) is 5.89. The van der Waals surface area contributed by atoms with E-state index in [2.05, 4.69) is 10.3 Å². The molecule has 12 heteroatoms. The predicted octanol–water partition coefficient (Wildman–Crippen LogP) is 3.28. The van der Waals surface area contributed by atoms with E-state index in [0.717, 1.165) is 18.9 Å². The zero-order valence-electron chi connectivity index (χ0n) is 17.8. The van der Waals surface area contributed by atoms with Gasteiger partial charge in [0.1, 0.15) is 11.5 Å². The Bertz CT molecular complexity index is 1150. The molecule has 2 saturated heterocycles. The van der Waals surface area contributed by atoms with Crippen LogP contribution in [0, 0.1) is 16.0 Å². The Balaban J connectivity index is 1.54. The summed E-state index contributed by atoms with van der Waals surface area (Å²) in [4.78, 5) is 29.8. The van der Waals surface area contributed by atoms with E-state index < -0.39 is 20.9 Å². The maximum absolute atomic E-state index is 12.9. The number of rotatable bonds is 6. The van der Waals surface area contributed by atoms with Gasteiger partial charge in [-0.05, 0) is 49.9 Å². The van der Waals surface area contributed by atoms with Crippen molar-refractivity contribution in [2.24, 2.45) is 5.92 Å². The molecule has 0 spiro atoms. The number of hydrogen-bond acceptors (Lipinski definition) is 7. The molecule has 2 aromatic rings. The number of sulfonamides is 1. The molecule has 0 bridgehead atoms. The average molecular weight is 494 g/mol. The van der Waals surface area contributed by atoms with Crippen molar-refractivity contribution in [3.05, 3.63) is 51.7 Å². The Hall–Kier alpha value is -2.76. The first-order valence-corrected chi connectivity index (χ1v) is 12.5. The summed E-state index contributed by atoms with van der Waals surface area (Å²) in [6.45, 7) is 1.65. The molecule has 1 aromatic carbocycles. The molecular formula is C21H24ClN5O5S. The highest BCUT2D eigenvalue weighted by molar-refractivity contribution is 7.89. The van der Waals surface area contributed by atoms with Crippen LogP contribution in [-0.2, 0) is 14.8 Å². The third-order valence-corrected chi connectivity index (χ3v) is 8.08. The minimum absolute atomic E-state index is 0.0834. The summed E-state index contributed by atoms with van der Waals surface area (Å²) in [6, 6.07) is 7.24. The standard InChI is InChI=1S/C21H24ClN5O5S/c22-16-5-8-20(23-13-16)24-21(28)15-4-3-9-25(14-15)18-7-6-17(12-19(18)27(29)30)33(31,32)26-10-1-2-11-26/h5-8,12-13,15H,1-4,9-11,14H2,(H,23,24,28)/t15-/m1/s1. The van der Waals surface area contributed by atoms with Gasteiger partial charge in [-0.3, -0.25) is 14.9 Å². The van der Waals surface area contributed by atoms with Gasteiger partial charge in [-0.2, -0.15) is 4.31 Å². The molecule has 1 N–H and O–H groups in total. The zero-order chi connectivity index (χ0) is 23.6. The normalized spacial score (nSPS) is 19.4. The second-order valence-electron chi connectivity index (χ2n) is 8.15. The lowest BCUT2D eigenvalue weighted by molar-refractivity contribution is -0.384. The topological polar surface area (TPSA) is 126 Å². The van der Waals surface area contributed by atoms with Gasteiger partial charge in [0.2, 0.25) is 15.9 Å². The number of nitrogens with one attached hydrogen (secondary N) is 1. The summed E-state index contributed by atoms with van der Waals surface area (Å²) < 4.78 is 27.1. The van der Waals surface area contributed by atoms with E-state index in [-0.39, 0.29) is 23.0 Å². The predicted molar refractivity (Wildman–Crippen MR) is 124 cm³/mol. The van der Waals surface area contributed by atoms with Crippen molar-refractivity contribution >= 4 is 44.7 Å². The summed E-state index contributed by atoms with van der Waals surface area (Å²) in [7, 11) is -3.77. The molecule has 1 amide bonds. The highest BCUT2D eigenvalue weighted by Gasteiger charge is 2.33. The van der Waals surface area contributed by atoms with Crippen LogP contribution in [0.2, 0.25) is 5.02 Å². The number of nitro benzene ring substituents is 1. The van der Waals surface area contributed by atoms with Crippen LogP contribution in [0.1, 0.15) is 25.7 Å². The molecule has 33 heavy (non-hydrogen) atoms. The van der Waals surface area contributed by atoms with E-state index in [1.54, 1.807) is 17.0 Å². The highest BCUT2D eigenvalue weighted by atomic mass is 35.5. The van der Waals surface area contributed by atoms with Crippen molar-refractivity contribution in [2.75, 3.05) is 36.4 Å². The van der Waals surface area contributed by atoms with Gasteiger partial charge >= 0.3 is 0 Å². The van der Waals surface area contributed by atoms with E-state index in [4.69, 9.17) is 11.6 Å². The molecule has 2 aliphatic rings. The zero-order valence-corrected chi connectivity index (χ0v) is 19.4. The van der Waals surface area contributed by atoms with Crippen LogP contribution < -0.4 is 10.2 Å². The Kier molecular flexibility index (Phi) is 6.82. The molecule has 4 rings (SSSR count). The first kappa shape index (κ1) is 23.4. The number of benzene rings is 1. The number of carbonyl (C=O) groups excluding carboxylic acids is 1. The number of aromatic nitrogens is 1. The summed E-state index contributed by atoms with van der Waals surface area (Å²) in [5.41, 5.74) is 0.0261. The fourth-order valence-electron chi connectivity index (χ4n) is 4.24. The van der Waals surface area contributed by atoms with Crippen LogP contribution in [0.15, 0.2) is 41.4 Å². The Morgan fingerprint density at radius 1 is 1.15 bits per heavy atom. The van der Waals surface area contributed by atoms with Gasteiger partial charge in [0.25, 0.3) is 5.69 Å². The number of anilines is 2. The van der Waals surface area contributed by atoms with E-state index in [9.17, 15) is 23.3 Å². The molecule has 2 fully saturated rings. The molecule has 0 radical (unpaired) electrons. The lowest BCUT2D eigenvalue weighted by Crippen LogP contribution is -2.41. The maximum atomic E-state index is 12.9. The number of piperidine rings is 1. The molecule has 0 saturated carbocycles. The van der Waals surface area contributed by atoms with Gasteiger partial charge in [-0.1, -0.05) is 11.6 Å². The molecule has 1 atom stereocenters. The van der Waals surface area contributed by atoms with E-state index in [1.807, 2.05) is 0 Å². The molecule has 0 unspecified atom stereocenters. The van der Waals surface area contributed by atoms with Crippen molar-refractivity contribution in [1.29, 1.82) is 0 Å². The van der Waals surface area contributed by atoms with Crippen molar-refractivity contribution < 1.29 is 18.1 Å². The molecule has 3 heterocycles. The summed E-state index contributed by atoms with van der Waals surface area (Å²) in [5, 5.41) is 15.0. The number of hydrogen-bond donors (Lipinski definition) is 1. The fraction of sp³-hybridized carbons (Fsp3) is 0.429. The smallest absolute Gasteiger partial charge is 0.293 e. The maximum Gasteiger partial charge on any atom is 0.293 e. The van der Waals surface area contributed by atoms with Crippen molar-refractivity contribution in [2.45, 2.75) is 30.6 Å². The Labute approximate surface area is 196 Å². The monoisotopic (exact) mass is 493 g/mol.